The van der Waals surface area contributed by atoms with E-state index in [-0.39, 0.29) is 0 Å². The van der Waals surface area contributed by atoms with E-state index in [9.17, 15) is 0 Å². The summed E-state index contributed by atoms with van der Waals surface area (Å²) in [6.07, 6.45) is 0. The number of aryl methyl sites for hydroxylation is 4. The van der Waals surface area contributed by atoms with Crippen molar-refractivity contribution < 1.29 is 13.6 Å². The zero-order valence-electron chi connectivity index (χ0n) is 22.0. The van der Waals surface area contributed by atoms with Gasteiger partial charge in [-0.2, -0.15) is 0 Å². The van der Waals surface area contributed by atoms with Crippen molar-refractivity contribution in [2.45, 2.75) is 27.7 Å². The second-order valence-electron chi connectivity index (χ2n) is 9.94. The summed E-state index contributed by atoms with van der Waals surface area (Å²) in [4.78, 5) is 0. The highest BCUT2D eigenvalue weighted by molar-refractivity contribution is 7.43. The third-order valence-electron chi connectivity index (χ3n) is 6.83. The zero-order chi connectivity index (χ0) is 26.2. The predicted molar refractivity (Wildman–Crippen MR) is 160 cm³/mol. The SMILES string of the molecule is Cc1ccc2cc(OP(Oc3ccc4ccccc4c3)Oc3cc4ccc(C)cc4cc3C)c(C)cc2c1. The van der Waals surface area contributed by atoms with Gasteiger partial charge in [-0.3, -0.25) is 0 Å². The fourth-order valence-corrected chi connectivity index (χ4v) is 5.86. The van der Waals surface area contributed by atoms with Gasteiger partial charge >= 0.3 is 8.60 Å². The van der Waals surface area contributed by atoms with Crippen LogP contribution in [0.4, 0.5) is 0 Å². The number of hydrogen-bond donors (Lipinski definition) is 0. The molecule has 0 aromatic heterocycles. The lowest BCUT2D eigenvalue weighted by Crippen LogP contribution is -2.04. The quantitative estimate of drug-likeness (QED) is 0.206. The Morgan fingerprint density at radius 2 is 0.921 bits per heavy atom. The largest absolute Gasteiger partial charge is 0.530 e. The molecule has 0 fully saturated rings. The highest BCUT2D eigenvalue weighted by Gasteiger charge is 2.23. The van der Waals surface area contributed by atoms with Crippen LogP contribution in [-0.4, -0.2) is 0 Å². The van der Waals surface area contributed by atoms with Crippen LogP contribution in [0.3, 0.4) is 0 Å². The first-order valence-corrected chi connectivity index (χ1v) is 13.9. The molecule has 3 nitrogen and oxygen atoms in total. The molecule has 0 amide bonds. The first-order chi connectivity index (χ1) is 18.4. The molecule has 0 spiro atoms. The molecule has 0 saturated carbocycles. The fraction of sp³-hybridized carbons (Fsp3) is 0.118. The van der Waals surface area contributed by atoms with Gasteiger partial charge in [-0.25, -0.2) is 0 Å². The van der Waals surface area contributed by atoms with Crippen molar-refractivity contribution in [2.75, 3.05) is 0 Å². The molecule has 0 N–H and O–H groups in total. The Bertz CT molecular complexity index is 1710. The van der Waals surface area contributed by atoms with Gasteiger partial charge in [0.25, 0.3) is 0 Å². The average molecular weight is 517 g/mol. The Labute approximate surface area is 224 Å². The van der Waals surface area contributed by atoms with Crippen LogP contribution >= 0.6 is 8.60 Å². The highest BCUT2D eigenvalue weighted by atomic mass is 31.2. The summed E-state index contributed by atoms with van der Waals surface area (Å²) < 4.78 is 19.4. The second kappa shape index (κ2) is 10.0. The molecule has 0 heterocycles. The first kappa shape index (κ1) is 24.3. The average Bonchev–Trinajstić information content (AvgIpc) is 2.89. The molecule has 0 unspecified atom stereocenters. The van der Waals surface area contributed by atoms with Crippen molar-refractivity contribution in [3.05, 3.63) is 125 Å². The molecule has 6 rings (SSSR count). The number of hydrogen-bond acceptors (Lipinski definition) is 3. The Hall–Kier alpha value is -4.07. The van der Waals surface area contributed by atoms with Crippen molar-refractivity contribution in [1.82, 2.24) is 0 Å². The van der Waals surface area contributed by atoms with E-state index in [0.29, 0.717) is 5.75 Å². The monoisotopic (exact) mass is 516 g/mol. The van der Waals surface area contributed by atoms with Crippen LogP contribution in [0.15, 0.2) is 103 Å². The minimum absolute atomic E-state index is 0.706. The van der Waals surface area contributed by atoms with E-state index in [0.717, 1.165) is 44.2 Å². The number of benzene rings is 6. The number of rotatable bonds is 6. The minimum atomic E-state index is -1.80. The van der Waals surface area contributed by atoms with Gasteiger partial charge in [0.15, 0.2) is 0 Å². The summed E-state index contributed by atoms with van der Waals surface area (Å²) in [7, 11) is -1.80. The second-order valence-corrected chi connectivity index (χ2v) is 10.9. The topological polar surface area (TPSA) is 27.7 Å². The third-order valence-corrected chi connectivity index (χ3v) is 7.88. The van der Waals surface area contributed by atoms with E-state index in [2.05, 4.69) is 107 Å². The standard InChI is InChI=1S/C34H29O3P/c1-22-9-11-28-20-33(24(3)17-30(28)15-22)36-38(35-32-14-13-26-7-5-6-8-27(26)19-32)37-34-21-29-12-10-23(2)16-31(29)18-25(34)4/h5-21H,1-4H3. The molecule has 4 heteroatoms. The molecule has 0 atom stereocenters. The van der Waals surface area contributed by atoms with Gasteiger partial charge in [0.2, 0.25) is 0 Å². The maximum absolute atomic E-state index is 6.51. The van der Waals surface area contributed by atoms with Crippen LogP contribution in [0.5, 0.6) is 17.2 Å². The van der Waals surface area contributed by atoms with Crippen molar-refractivity contribution >= 4 is 40.9 Å². The molecule has 6 aromatic carbocycles. The van der Waals surface area contributed by atoms with Gasteiger partial charge in [0, 0.05) is 0 Å². The Morgan fingerprint density at radius 1 is 0.421 bits per heavy atom. The Balaban J connectivity index is 1.38. The van der Waals surface area contributed by atoms with Gasteiger partial charge in [0.1, 0.15) is 17.2 Å². The maximum Gasteiger partial charge on any atom is 0.530 e. The van der Waals surface area contributed by atoms with Crippen molar-refractivity contribution in [3.63, 3.8) is 0 Å². The molecular formula is C34H29O3P. The van der Waals surface area contributed by atoms with E-state index in [1.165, 1.54) is 21.9 Å². The van der Waals surface area contributed by atoms with Gasteiger partial charge in [-0.15, -0.1) is 0 Å². The molecule has 0 radical (unpaired) electrons. The summed E-state index contributed by atoms with van der Waals surface area (Å²) in [5, 5.41) is 6.89. The van der Waals surface area contributed by atoms with E-state index >= 15 is 0 Å². The maximum atomic E-state index is 6.51. The van der Waals surface area contributed by atoms with Crippen molar-refractivity contribution in [2.24, 2.45) is 0 Å². The highest BCUT2D eigenvalue weighted by Crippen LogP contribution is 2.45. The van der Waals surface area contributed by atoms with Crippen molar-refractivity contribution in [1.29, 1.82) is 0 Å². The van der Waals surface area contributed by atoms with Crippen LogP contribution in [0, 0.1) is 27.7 Å². The first-order valence-electron chi connectivity index (χ1n) is 12.8. The van der Waals surface area contributed by atoms with Crippen LogP contribution in [0.25, 0.3) is 32.3 Å². The van der Waals surface area contributed by atoms with Gasteiger partial charge < -0.3 is 13.6 Å². The lowest BCUT2D eigenvalue weighted by atomic mass is 10.0. The van der Waals surface area contributed by atoms with Crippen LogP contribution < -0.4 is 13.6 Å². The van der Waals surface area contributed by atoms with Crippen LogP contribution in [0.2, 0.25) is 0 Å². The molecule has 38 heavy (non-hydrogen) atoms. The number of fused-ring (bicyclic) bond motifs is 3. The lowest BCUT2D eigenvalue weighted by Gasteiger charge is -2.21. The normalized spacial score (nSPS) is 11.4. The van der Waals surface area contributed by atoms with Gasteiger partial charge in [0.05, 0.1) is 0 Å². The molecule has 0 aliphatic carbocycles. The van der Waals surface area contributed by atoms with Crippen LogP contribution in [0.1, 0.15) is 22.3 Å². The van der Waals surface area contributed by atoms with E-state index < -0.39 is 8.60 Å². The Kier molecular flexibility index (Phi) is 6.39. The summed E-state index contributed by atoms with van der Waals surface area (Å²) in [5.74, 6) is 2.21. The summed E-state index contributed by atoms with van der Waals surface area (Å²) in [6.45, 7) is 8.34. The summed E-state index contributed by atoms with van der Waals surface area (Å²) in [5.41, 5.74) is 4.54. The molecule has 6 aromatic rings. The molecule has 0 bridgehead atoms. The fourth-order valence-electron chi connectivity index (χ4n) is 4.74. The Morgan fingerprint density at radius 3 is 1.50 bits per heavy atom. The van der Waals surface area contributed by atoms with E-state index in [1.54, 1.807) is 0 Å². The predicted octanol–water partition coefficient (Wildman–Crippen LogP) is 10.1. The summed E-state index contributed by atoms with van der Waals surface area (Å²) >= 11 is 0. The van der Waals surface area contributed by atoms with Gasteiger partial charge in [-0.05, 0) is 108 Å². The minimum Gasteiger partial charge on any atom is -0.408 e. The van der Waals surface area contributed by atoms with E-state index in [1.807, 2.05) is 24.3 Å². The smallest absolute Gasteiger partial charge is 0.408 e. The molecule has 0 saturated heterocycles. The molecule has 0 aliphatic heterocycles. The summed E-state index contributed by atoms with van der Waals surface area (Å²) in [6, 6.07) is 35.6. The van der Waals surface area contributed by atoms with Gasteiger partial charge in [-0.1, -0.05) is 77.9 Å². The van der Waals surface area contributed by atoms with E-state index in [4.69, 9.17) is 13.6 Å². The molecule has 0 aliphatic rings. The zero-order valence-corrected chi connectivity index (χ0v) is 22.9. The molecular weight excluding hydrogens is 487 g/mol. The molecule has 188 valence electrons. The van der Waals surface area contributed by atoms with Crippen molar-refractivity contribution in [3.8, 4) is 17.2 Å². The van der Waals surface area contributed by atoms with Crippen LogP contribution in [-0.2, 0) is 0 Å². The lowest BCUT2D eigenvalue weighted by molar-refractivity contribution is 0.386. The third kappa shape index (κ3) is 5.03.